The molecule has 2 saturated heterocycles. The Morgan fingerprint density at radius 3 is 2.91 bits per heavy atom. The van der Waals surface area contributed by atoms with Gasteiger partial charge in [0.1, 0.15) is 11.9 Å². The van der Waals surface area contributed by atoms with E-state index >= 15 is 0 Å². The van der Waals surface area contributed by atoms with Crippen molar-refractivity contribution in [3.8, 4) is 0 Å². The molecule has 2 atom stereocenters. The van der Waals surface area contributed by atoms with Crippen molar-refractivity contribution in [2.24, 2.45) is 0 Å². The van der Waals surface area contributed by atoms with Crippen LogP contribution < -0.4 is 5.32 Å². The van der Waals surface area contributed by atoms with Gasteiger partial charge in [-0.15, -0.1) is 12.4 Å². The largest absolute Gasteiger partial charge is 0.370 e. The normalized spacial score (nSPS) is 24.9. The lowest BCUT2D eigenvalue weighted by molar-refractivity contribution is -0.141. The van der Waals surface area contributed by atoms with Crippen molar-refractivity contribution in [2.75, 3.05) is 26.2 Å². The van der Waals surface area contributed by atoms with Crippen LogP contribution in [0.2, 0.25) is 5.02 Å². The highest BCUT2D eigenvalue weighted by Crippen LogP contribution is 2.26. The van der Waals surface area contributed by atoms with Gasteiger partial charge in [0.2, 0.25) is 5.91 Å². The van der Waals surface area contributed by atoms with Crippen LogP contribution in [0.4, 0.5) is 4.39 Å². The van der Waals surface area contributed by atoms with Crippen LogP contribution in [0.1, 0.15) is 30.9 Å². The SMILES string of the molecule is Cl.O=C(C1CCCCN1)N1CCOC(c2ccc(F)c(Cl)c2)C1. The Morgan fingerprint density at radius 2 is 2.22 bits per heavy atom. The standard InChI is InChI=1S/C16H20ClFN2O2.ClH/c17-12-9-11(4-5-13(12)18)15-10-20(7-8-22-15)16(21)14-3-1-2-6-19-14;/h4-5,9,14-15,19H,1-3,6-8,10H2;1H. The van der Waals surface area contributed by atoms with Crippen molar-refractivity contribution >= 4 is 29.9 Å². The number of hydrogen-bond donors (Lipinski definition) is 1. The first-order valence-electron chi connectivity index (χ1n) is 7.74. The summed E-state index contributed by atoms with van der Waals surface area (Å²) in [6, 6.07) is 4.50. The lowest BCUT2D eigenvalue weighted by Gasteiger charge is -2.36. The number of halogens is 3. The second-order valence-electron chi connectivity index (χ2n) is 5.82. The number of carbonyl (C=O) groups is 1. The number of ether oxygens (including phenoxy) is 1. The van der Waals surface area contributed by atoms with Crippen molar-refractivity contribution in [3.63, 3.8) is 0 Å². The molecule has 1 amide bonds. The predicted molar refractivity (Wildman–Crippen MR) is 89.6 cm³/mol. The molecule has 1 aromatic carbocycles. The first-order chi connectivity index (χ1) is 10.6. The fraction of sp³-hybridized carbons (Fsp3) is 0.562. The third kappa shape index (κ3) is 4.35. The van der Waals surface area contributed by atoms with E-state index in [1.165, 1.54) is 6.07 Å². The molecule has 0 radical (unpaired) electrons. The zero-order valence-electron chi connectivity index (χ0n) is 12.8. The Hall–Kier alpha value is -0.880. The summed E-state index contributed by atoms with van der Waals surface area (Å²) in [5.41, 5.74) is 0.806. The van der Waals surface area contributed by atoms with Gasteiger partial charge in [0, 0.05) is 6.54 Å². The minimum absolute atomic E-state index is 0. The van der Waals surface area contributed by atoms with Crippen molar-refractivity contribution in [1.29, 1.82) is 0 Å². The van der Waals surface area contributed by atoms with Crippen LogP contribution in [0.15, 0.2) is 18.2 Å². The van der Waals surface area contributed by atoms with Crippen LogP contribution in [0.3, 0.4) is 0 Å². The molecule has 0 saturated carbocycles. The van der Waals surface area contributed by atoms with Gasteiger partial charge in [0.15, 0.2) is 0 Å². The zero-order chi connectivity index (χ0) is 15.5. The molecule has 2 unspecified atom stereocenters. The van der Waals surface area contributed by atoms with Crippen molar-refractivity contribution < 1.29 is 13.9 Å². The van der Waals surface area contributed by atoms with E-state index < -0.39 is 5.82 Å². The molecule has 3 rings (SSSR count). The van der Waals surface area contributed by atoms with Gasteiger partial charge >= 0.3 is 0 Å². The van der Waals surface area contributed by atoms with E-state index in [0.29, 0.717) is 19.7 Å². The van der Waals surface area contributed by atoms with Gasteiger partial charge in [0.05, 0.1) is 24.2 Å². The fourth-order valence-electron chi connectivity index (χ4n) is 3.05. The highest BCUT2D eigenvalue weighted by molar-refractivity contribution is 6.30. The lowest BCUT2D eigenvalue weighted by Crippen LogP contribution is -2.52. The number of hydrogen-bond acceptors (Lipinski definition) is 3. The van der Waals surface area contributed by atoms with Gasteiger partial charge in [-0.1, -0.05) is 24.1 Å². The number of carbonyl (C=O) groups excluding carboxylic acids is 1. The number of nitrogens with one attached hydrogen (secondary N) is 1. The summed E-state index contributed by atoms with van der Waals surface area (Å²) in [6.07, 6.45) is 2.86. The van der Waals surface area contributed by atoms with Crippen molar-refractivity contribution in [3.05, 3.63) is 34.6 Å². The quantitative estimate of drug-likeness (QED) is 0.879. The topological polar surface area (TPSA) is 41.6 Å². The van der Waals surface area contributed by atoms with Crippen molar-refractivity contribution in [1.82, 2.24) is 10.2 Å². The molecule has 2 fully saturated rings. The third-order valence-electron chi connectivity index (χ3n) is 4.30. The Labute approximate surface area is 146 Å². The lowest BCUT2D eigenvalue weighted by atomic mass is 10.0. The van der Waals surface area contributed by atoms with Gasteiger partial charge in [-0.25, -0.2) is 4.39 Å². The van der Waals surface area contributed by atoms with E-state index in [1.807, 2.05) is 4.90 Å². The number of rotatable bonds is 2. The average Bonchev–Trinajstić information content (AvgIpc) is 2.57. The second kappa shape index (κ2) is 8.29. The molecule has 2 aliphatic heterocycles. The van der Waals surface area contributed by atoms with E-state index in [0.717, 1.165) is 31.4 Å². The summed E-state index contributed by atoms with van der Waals surface area (Å²) in [5.74, 6) is -0.304. The van der Waals surface area contributed by atoms with Gasteiger partial charge in [-0.3, -0.25) is 4.79 Å². The molecule has 1 aromatic rings. The maximum Gasteiger partial charge on any atom is 0.239 e. The first kappa shape index (κ1) is 18.5. The summed E-state index contributed by atoms with van der Waals surface area (Å²) in [7, 11) is 0. The first-order valence-corrected chi connectivity index (χ1v) is 8.11. The van der Waals surface area contributed by atoms with Crippen LogP contribution in [0.25, 0.3) is 0 Å². The fourth-order valence-corrected chi connectivity index (χ4v) is 3.24. The number of morpholine rings is 1. The minimum Gasteiger partial charge on any atom is -0.370 e. The maximum atomic E-state index is 13.3. The molecule has 0 aromatic heterocycles. The van der Waals surface area contributed by atoms with E-state index in [4.69, 9.17) is 16.3 Å². The van der Waals surface area contributed by atoms with E-state index in [2.05, 4.69) is 5.32 Å². The van der Waals surface area contributed by atoms with Crippen LogP contribution in [0.5, 0.6) is 0 Å². The zero-order valence-corrected chi connectivity index (χ0v) is 14.3. The molecule has 4 nitrogen and oxygen atoms in total. The van der Waals surface area contributed by atoms with E-state index in [1.54, 1.807) is 12.1 Å². The minimum atomic E-state index is -0.444. The van der Waals surface area contributed by atoms with Crippen LogP contribution in [-0.4, -0.2) is 43.1 Å². The Morgan fingerprint density at radius 1 is 1.39 bits per heavy atom. The number of piperidine rings is 1. The average molecular weight is 363 g/mol. The van der Waals surface area contributed by atoms with Gasteiger partial charge in [0.25, 0.3) is 0 Å². The molecule has 2 aliphatic rings. The molecule has 0 bridgehead atoms. The number of benzene rings is 1. The molecule has 0 spiro atoms. The predicted octanol–water partition coefficient (Wildman–Crippen LogP) is 2.94. The summed E-state index contributed by atoms with van der Waals surface area (Å²) in [5, 5.41) is 3.37. The monoisotopic (exact) mass is 362 g/mol. The Kier molecular flexibility index (Phi) is 6.65. The smallest absolute Gasteiger partial charge is 0.239 e. The maximum absolute atomic E-state index is 13.3. The molecule has 23 heavy (non-hydrogen) atoms. The van der Waals surface area contributed by atoms with E-state index in [-0.39, 0.29) is 35.5 Å². The van der Waals surface area contributed by atoms with Gasteiger partial charge in [-0.2, -0.15) is 0 Å². The van der Waals surface area contributed by atoms with Crippen LogP contribution >= 0.6 is 24.0 Å². The van der Waals surface area contributed by atoms with Crippen LogP contribution in [-0.2, 0) is 9.53 Å². The Balaban J connectivity index is 0.00000192. The Bertz CT molecular complexity index is 553. The highest BCUT2D eigenvalue weighted by atomic mass is 35.5. The molecule has 0 aliphatic carbocycles. The summed E-state index contributed by atoms with van der Waals surface area (Å²) in [6.45, 7) is 2.47. The molecule has 1 N–H and O–H groups in total. The summed E-state index contributed by atoms with van der Waals surface area (Å²) >= 11 is 5.83. The number of nitrogens with zero attached hydrogens (tertiary/aromatic N) is 1. The van der Waals surface area contributed by atoms with Gasteiger partial charge < -0.3 is 15.0 Å². The van der Waals surface area contributed by atoms with Gasteiger partial charge in [-0.05, 0) is 37.1 Å². The number of amides is 1. The molecular formula is C16H21Cl2FN2O2. The van der Waals surface area contributed by atoms with Crippen molar-refractivity contribution in [2.45, 2.75) is 31.4 Å². The molecular weight excluding hydrogens is 342 g/mol. The van der Waals surface area contributed by atoms with Crippen LogP contribution in [0, 0.1) is 5.82 Å². The molecule has 2 heterocycles. The second-order valence-corrected chi connectivity index (χ2v) is 6.23. The summed E-state index contributed by atoms with van der Waals surface area (Å²) < 4.78 is 19.0. The molecule has 128 valence electrons. The third-order valence-corrected chi connectivity index (χ3v) is 4.59. The van der Waals surface area contributed by atoms with E-state index in [9.17, 15) is 9.18 Å². The highest BCUT2D eigenvalue weighted by Gasteiger charge is 2.30. The molecule has 7 heteroatoms. The summed E-state index contributed by atoms with van der Waals surface area (Å²) in [4.78, 5) is 14.4.